The Balaban J connectivity index is 2.30. The third-order valence-electron chi connectivity index (χ3n) is 4.12. The van der Waals surface area contributed by atoms with Crippen LogP contribution in [0.25, 0.3) is 0 Å². The monoisotopic (exact) mass is 285 g/mol. The third kappa shape index (κ3) is 3.92. The third-order valence-corrected chi connectivity index (χ3v) is 4.12. The fraction of sp³-hybridized carbons (Fsp3) is 0.368. The Labute approximate surface area is 127 Å². The van der Waals surface area contributed by atoms with E-state index in [4.69, 9.17) is 0 Å². The molecule has 0 spiro atoms. The number of aryl methyl sites for hydroxylation is 3. The fourth-order valence-corrected chi connectivity index (χ4v) is 2.62. The Bertz CT molecular complexity index is 619. The summed E-state index contributed by atoms with van der Waals surface area (Å²) in [5.74, 6) is -0.161. The predicted octanol–water partition coefficient (Wildman–Crippen LogP) is 4.64. The molecule has 112 valence electrons. The summed E-state index contributed by atoms with van der Waals surface area (Å²) in [6, 6.07) is 11.8. The lowest BCUT2D eigenvalue weighted by molar-refractivity contribution is 0.545. The van der Waals surface area contributed by atoms with Gasteiger partial charge in [0, 0.05) is 6.04 Å². The normalized spacial score (nSPS) is 12.4. The first kappa shape index (κ1) is 15.7. The molecule has 0 radical (unpaired) electrons. The molecule has 1 unspecified atom stereocenters. The van der Waals surface area contributed by atoms with Gasteiger partial charge in [-0.25, -0.2) is 4.39 Å². The molecule has 1 nitrogen and oxygen atoms in total. The molecule has 1 atom stereocenters. The van der Waals surface area contributed by atoms with Crippen molar-refractivity contribution >= 4 is 0 Å². The lowest BCUT2D eigenvalue weighted by Crippen LogP contribution is -2.23. The molecule has 0 bridgehead atoms. The molecule has 0 fully saturated rings. The Morgan fingerprint density at radius 1 is 0.952 bits per heavy atom. The molecule has 2 aromatic rings. The van der Waals surface area contributed by atoms with Crippen LogP contribution < -0.4 is 5.32 Å². The summed E-state index contributed by atoms with van der Waals surface area (Å²) < 4.78 is 13.5. The van der Waals surface area contributed by atoms with Gasteiger partial charge in [-0.05, 0) is 73.7 Å². The number of hydrogen-bond donors (Lipinski definition) is 1. The lowest BCUT2D eigenvalue weighted by Gasteiger charge is -2.20. The van der Waals surface area contributed by atoms with Crippen LogP contribution in [0.1, 0.15) is 40.8 Å². The van der Waals surface area contributed by atoms with E-state index in [2.05, 4.69) is 44.3 Å². The molecular weight excluding hydrogens is 261 g/mol. The van der Waals surface area contributed by atoms with Crippen LogP contribution in [-0.2, 0) is 6.42 Å². The van der Waals surface area contributed by atoms with Crippen LogP contribution in [0.2, 0.25) is 0 Å². The molecule has 0 aromatic heterocycles. The maximum atomic E-state index is 13.5. The maximum absolute atomic E-state index is 13.5. The highest BCUT2D eigenvalue weighted by atomic mass is 19.1. The second kappa shape index (κ2) is 6.86. The zero-order valence-electron chi connectivity index (χ0n) is 13.3. The Kier molecular flexibility index (Phi) is 5.13. The molecule has 0 aliphatic rings. The highest BCUT2D eigenvalue weighted by Gasteiger charge is 2.13. The van der Waals surface area contributed by atoms with E-state index in [1.165, 1.54) is 22.8 Å². The number of halogens is 1. The van der Waals surface area contributed by atoms with Crippen molar-refractivity contribution in [2.45, 2.75) is 40.2 Å². The number of nitrogens with one attached hydrogen (secondary N) is 1. The van der Waals surface area contributed by atoms with Crippen LogP contribution in [0.5, 0.6) is 0 Å². The van der Waals surface area contributed by atoms with E-state index in [-0.39, 0.29) is 11.9 Å². The Hall–Kier alpha value is -1.67. The van der Waals surface area contributed by atoms with Gasteiger partial charge in [-0.2, -0.15) is 0 Å². The van der Waals surface area contributed by atoms with Gasteiger partial charge in [-0.3, -0.25) is 0 Å². The molecule has 0 saturated carbocycles. The summed E-state index contributed by atoms with van der Waals surface area (Å²) in [7, 11) is 0. The molecule has 2 aromatic carbocycles. The average molecular weight is 285 g/mol. The van der Waals surface area contributed by atoms with Gasteiger partial charge in [0.15, 0.2) is 0 Å². The van der Waals surface area contributed by atoms with Crippen molar-refractivity contribution in [3.05, 3.63) is 70.0 Å². The topological polar surface area (TPSA) is 12.0 Å². The summed E-state index contributed by atoms with van der Waals surface area (Å²) >= 11 is 0. The van der Waals surface area contributed by atoms with Gasteiger partial charge in [0.1, 0.15) is 5.82 Å². The largest absolute Gasteiger partial charge is 0.310 e. The average Bonchev–Trinajstić information content (AvgIpc) is 2.45. The van der Waals surface area contributed by atoms with Crippen molar-refractivity contribution in [3.8, 4) is 0 Å². The highest BCUT2D eigenvalue weighted by Crippen LogP contribution is 2.23. The van der Waals surface area contributed by atoms with Gasteiger partial charge in [0.05, 0.1) is 0 Å². The molecule has 2 rings (SSSR count). The van der Waals surface area contributed by atoms with E-state index in [9.17, 15) is 4.39 Å². The molecule has 21 heavy (non-hydrogen) atoms. The molecule has 0 heterocycles. The minimum absolute atomic E-state index is 0.161. The van der Waals surface area contributed by atoms with Crippen molar-refractivity contribution in [2.75, 3.05) is 6.54 Å². The zero-order chi connectivity index (χ0) is 15.4. The molecule has 1 N–H and O–H groups in total. The second-order valence-electron chi connectivity index (χ2n) is 5.73. The van der Waals surface area contributed by atoms with E-state index in [1.54, 1.807) is 6.07 Å². The van der Waals surface area contributed by atoms with E-state index >= 15 is 0 Å². The van der Waals surface area contributed by atoms with Crippen LogP contribution in [0.4, 0.5) is 4.39 Å². The molecule has 0 aliphatic heterocycles. The van der Waals surface area contributed by atoms with Crippen molar-refractivity contribution < 1.29 is 4.39 Å². The summed E-state index contributed by atoms with van der Waals surface area (Å²) in [4.78, 5) is 0. The molecule has 2 heteroatoms. The van der Waals surface area contributed by atoms with Crippen LogP contribution in [0.15, 0.2) is 36.4 Å². The Morgan fingerprint density at radius 2 is 1.67 bits per heavy atom. The zero-order valence-corrected chi connectivity index (χ0v) is 13.3. The van der Waals surface area contributed by atoms with Gasteiger partial charge < -0.3 is 5.32 Å². The lowest BCUT2D eigenvalue weighted by atomic mass is 9.94. The van der Waals surface area contributed by atoms with Gasteiger partial charge in [0.25, 0.3) is 0 Å². The standard InChI is InChI=1S/C19H24FN/c1-5-21-19(16-8-6-13(2)15(4)10-16)12-17-11-18(20)9-7-14(17)3/h6-11,19,21H,5,12H2,1-4H3. The van der Waals surface area contributed by atoms with Crippen molar-refractivity contribution in [1.82, 2.24) is 5.32 Å². The quantitative estimate of drug-likeness (QED) is 0.843. The SMILES string of the molecule is CCNC(Cc1cc(F)ccc1C)c1ccc(C)c(C)c1. The second-order valence-corrected chi connectivity index (χ2v) is 5.73. The molecule has 0 aliphatic carbocycles. The summed E-state index contributed by atoms with van der Waals surface area (Å²) in [6.07, 6.45) is 0.805. The van der Waals surface area contributed by atoms with E-state index in [1.807, 2.05) is 13.0 Å². The first-order chi connectivity index (χ1) is 10.0. The van der Waals surface area contributed by atoms with E-state index < -0.39 is 0 Å². The minimum atomic E-state index is -0.161. The number of benzene rings is 2. The number of hydrogen-bond acceptors (Lipinski definition) is 1. The van der Waals surface area contributed by atoms with Gasteiger partial charge in [-0.15, -0.1) is 0 Å². The van der Waals surface area contributed by atoms with Crippen LogP contribution in [0.3, 0.4) is 0 Å². The van der Waals surface area contributed by atoms with Crippen molar-refractivity contribution in [3.63, 3.8) is 0 Å². The Morgan fingerprint density at radius 3 is 2.33 bits per heavy atom. The van der Waals surface area contributed by atoms with Crippen LogP contribution in [-0.4, -0.2) is 6.54 Å². The van der Waals surface area contributed by atoms with Gasteiger partial charge >= 0.3 is 0 Å². The fourth-order valence-electron chi connectivity index (χ4n) is 2.62. The minimum Gasteiger partial charge on any atom is -0.310 e. The number of rotatable bonds is 5. The van der Waals surface area contributed by atoms with Crippen molar-refractivity contribution in [2.24, 2.45) is 0 Å². The van der Waals surface area contributed by atoms with Crippen LogP contribution in [0, 0.1) is 26.6 Å². The highest BCUT2D eigenvalue weighted by molar-refractivity contribution is 5.34. The van der Waals surface area contributed by atoms with Gasteiger partial charge in [0.2, 0.25) is 0 Å². The van der Waals surface area contributed by atoms with Crippen LogP contribution >= 0.6 is 0 Å². The van der Waals surface area contributed by atoms with Crippen molar-refractivity contribution in [1.29, 1.82) is 0 Å². The smallest absolute Gasteiger partial charge is 0.123 e. The van der Waals surface area contributed by atoms with E-state index in [0.717, 1.165) is 24.1 Å². The van der Waals surface area contributed by atoms with Gasteiger partial charge in [-0.1, -0.05) is 31.2 Å². The molecule has 0 amide bonds. The summed E-state index contributed by atoms with van der Waals surface area (Å²) in [6.45, 7) is 9.30. The first-order valence-corrected chi connectivity index (χ1v) is 7.56. The molecule has 0 saturated heterocycles. The summed E-state index contributed by atoms with van der Waals surface area (Å²) in [5, 5.41) is 3.52. The summed E-state index contributed by atoms with van der Waals surface area (Å²) in [5.41, 5.74) is 6.08. The first-order valence-electron chi connectivity index (χ1n) is 7.56. The van der Waals surface area contributed by atoms with E-state index in [0.29, 0.717) is 0 Å². The predicted molar refractivity (Wildman–Crippen MR) is 87.2 cm³/mol. The molecular formula is C19H24FN. The number of likely N-dealkylation sites (N-methyl/N-ethyl adjacent to an activating group) is 1. The maximum Gasteiger partial charge on any atom is 0.123 e.